The van der Waals surface area contributed by atoms with Crippen molar-refractivity contribution in [2.75, 3.05) is 0 Å². The topological polar surface area (TPSA) is 20.2 Å². The maximum atomic E-state index is 9.86. The molecule has 1 aliphatic rings. The minimum absolute atomic E-state index is 0.122. The molecule has 0 bridgehead atoms. The van der Waals surface area contributed by atoms with Crippen LogP contribution < -0.4 is 0 Å². The molecule has 0 spiro atoms. The summed E-state index contributed by atoms with van der Waals surface area (Å²) in [6.45, 7) is 8.66. The van der Waals surface area contributed by atoms with Gasteiger partial charge in [-0.3, -0.25) is 0 Å². The van der Waals surface area contributed by atoms with Crippen molar-refractivity contribution < 1.29 is 5.11 Å². The average Bonchev–Trinajstić information content (AvgIpc) is 2.33. The van der Waals surface area contributed by atoms with E-state index in [0.717, 1.165) is 32.1 Å². The van der Waals surface area contributed by atoms with Crippen LogP contribution in [0.5, 0.6) is 0 Å². The van der Waals surface area contributed by atoms with Gasteiger partial charge in [0.2, 0.25) is 0 Å². The van der Waals surface area contributed by atoms with Gasteiger partial charge in [0.1, 0.15) is 0 Å². The Balaban J connectivity index is 2.27. The molecule has 0 aliphatic heterocycles. The molecule has 2 unspecified atom stereocenters. The normalized spacial score (nSPS) is 24.1. The zero-order chi connectivity index (χ0) is 14.3. The lowest BCUT2D eigenvalue weighted by molar-refractivity contribution is 0.111. The van der Waals surface area contributed by atoms with Crippen LogP contribution in [-0.4, -0.2) is 11.2 Å². The number of rotatable bonds is 6. The van der Waals surface area contributed by atoms with Crippen molar-refractivity contribution in [3.63, 3.8) is 0 Å². The standard InChI is InChI=1S/C18H30O/c1-14(2)7-5-8-15(3)9-6-10-17-12-11-16(4)18(19)13-17/h7,9,12,16,18-19H,5-6,8,10-11,13H2,1-4H3/b15-9+. The zero-order valence-corrected chi connectivity index (χ0v) is 13.1. The molecule has 0 radical (unpaired) electrons. The minimum Gasteiger partial charge on any atom is -0.393 e. The van der Waals surface area contributed by atoms with E-state index in [9.17, 15) is 5.11 Å². The van der Waals surface area contributed by atoms with Gasteiger partial charge in [-0.15, -0.1) is 0 Å². The van der Waals surface area contributed by atoms with Crippen molar-refractivity contribution in [2.45, 2.75) is 72.3 Å². The maximum Gasteiger partial charge on any atom is 0.0605 e. The van der Waals surface area contributed by atoms with E-state index in [1.54, 1.807) is 0 Å². The summed E-state index contributed by atoms with van der Waals surface area (Å²) in [5, 5.41) is 9.86. The van der Waals surface area contributed by atoms with E-state index in [1.165, 1.54) is 23.1 Å². The minimum atomic E-state index is -0.122. The zero-order valence-electron chi connectivity index (χ0n) is 13.1. The van der Waals surface area contributed by atoms with Gasteiger partial charge in [0.05, 0.1) is 6.10 Å². The van der Waals surface area contributed by atoms with Crippen LogP contribution in [-0.2, 0) is 0 Å². The first-order chi connectivity index (χ1) is 8.99. The van der Waals surface area contributed by atoms with Crippen LogP contribution in [0.25, 0.3) is 0 Å². The molecule has 1 N–H and O–H groups in total. The predicted molar refractivity (Wildman–Crippen MR) is 84.1 cm³/mol. The largest absolute Gasteiger partial charge is 0.393 e. The van der Waals surface area contributed by atoms with Gasteiger partial charge in [-0.05, 0) is 65.2 Å². The number of hydrogen-bond donors (Lipinski definition) is 1. The Morgan fingerprint density at radius 2 is 2.00 bits per heavy atom. The van der Waals surface area contributed by atoms with Crippen LogP contribution in [0.15, 0.2) is 34.9 Å². The molecule has 0 aromatic rings. The molecule has 19 heavy (non-hydrogen) atoms. The van der Waals surface area contributed by atoms with Crippen LogP contribution in [0.2, 0.25) is 0 Å². The monoisotopic (exact) mass is 262 g/mol. The van der Waals surface area contributed by atoms with Crippen molar-refractivity contribution in [2.24, 2.45) is 5.92 Å². The summed E-state index contributed by atoms with van der Waals surface area (Å²) in [6, 6.07) is 0. The lowest BCUT2D eigenvalue weighted by atomic mass is 9.86. The van der Waals surface area contributed by atoms with Crippen molar-refractivity contribution >= 4 is 0 Å². The highest BCUT2D eigenvalue weighted by atomic mass is 16.3. The molecule has 0 heterocycles. The first-order valence-electron chi connectivity index (χ1n) is 7.64. The highest BCUT2D eigenvalue weighted by molar-refractivity contribution is 5.11. The number of aliphatic hydroxyl groups is 1. The smallest absolute Gasteiger partial charge is 0.0605 e. The lowest BCUT2D eigenvalue weighted by Gasteiger charge is -2.24. The lowest BCUT2D eigenvalue weighted by Crippen LogP contribution is -2.21. The predicted octanol–water partition coefficient (Wildman–Crippen LogP) is 5.18. The summed E-state index contributed by atoms with van der Waals surface area (Å²) in [7, 11) is 0. The Bertz CT molecular complexity index is 356. The Morgan fingerprint density at radius 3 is 2.63 bits per heavy atom. The fourth-order valence-electron chi connectivity index (χ4n) is 2.46. The van der Waals surface area contributed by atoms with Gasteiger partial charge >= 0.3 is 0 Å². The number of allylic oxidation sites excluding steroid dienone is 5. The molecule has 0 saturated heterocycles. The molecule has 0 saturated carbocycles. The SMILES string of the molecule is CC(C)=CCC/C(C)=C/CCC1=CCC(C)C(O)C1. The molecule has 0 aromatic heterocycles. The highest BCUT2D eigenvalue weighted by Gasteiger charge is 2.19. The second kappa shape index (κ2) is 8.37. The third-order valence-corrected chi connectivity index (χ3v) is 3.96. The summed E-state index contributed by atoms with van der Waals surface area (Å²) in [5.74, 6) is 0.435. The number of hydrogen-bond acceptors (Lipinski definition) is 1. The number of aliphatic hydroxyl groups excluding tert-OH is 1. The van der Waals surface area contributed by atoms with Crippen molar-refractivity contribution in [3.05, 3.63) is 34.9 Å². The quantitative estimate of drug-likeness (QED) is 0.654. The fourth-order valence-corrected chi connectivity index (χ4v) is 2.46. The summed E-state index contributed by atoms with van der Waals surface area (Å²) >= 11 is 0. The Kier molecular flexibility index (Phi) is 7.15. The van der Waals surface area contributed by atoms with E-state index >= 15 is 0 Å². The highest BCUT2D eigenvalue weighted by Crippen LogP contribution is 2.26. The Labute approximate surface area is 119 Å². The van der Waals surface area contributed by atoms with E-state index in [2.05, 4.69) is 45.9 Å². The Morgan fingerprint density at radius 1 is 1.26 bits per heavy atom. The van der Waals surface area contributed by atoms with Crippen molar-refractivity contribution in [1.29, 1.82) is 0 Å². The van der Waals surface area contributed by atoms with Crippen molar-refractivity contribution in [1.82, 2.24) is 0 Å². The molecule has 0 amide bonds. The van der Waals surface area contributed by atoms with Crippen LogP contribution in [0.4, 0.5) is 0 Å². The molecule has 1 rings (SSSR count). The summed E-state index contributed by atoms with van der Waals surface area (Å²) in [6.07, 6.45) is 13.4. The third-order valence-electron chi connectivity index (χ3n) is 3.96. The van der Waals surface area contributed by atoms with Gasteiger partial charge in [-0.2, -0.15) is 0 Å². The molecule has 108 valence electrons. The fraction of sp³-hybridized carbons (Fsp3) is 0.667. The van der Waals surface area contributed by atoms with E-state index < -0.39 is 0 Å². The maximum absolute atomic E-state index is 9.86. The molecule has 0 fully saturated rings. The van der Waals surface area contributed by atoms with Crippen molar-refractivity contribution in [3.8, 4) is 0 Å². The molecule has 2 atom stereocenters. The van der Waals surface area contributed by atoms with Gasteiger partial charge in [-0.25, -0.2) is 0 Å². The molecular weight excluding hydrogens is 232 g/mol. The second-order valence-electron chi connectivity index (χ2n) is 6.26. The summed E-state index contributed by atoms with van der Waals surface area (Å²) in [4.78, 5) is 0. The van der Waals surface area contributed by atoms with E-state index in [-0.39, 0.29) is 6.10 Å². The summed E-state index contributed by atoms with van der Waals surface area (Å²) < 4.78 is 0. The Hall–Kier alpha value is -0.820. The van der Waals surface area contributed by atoms with Gasteiger partial charge in [0.25, 0.3) is 0 Å². The molecule has 1 heteroatoms. The second-order valence-corrected chi connectivity index (χ2v) is 6.26. The van der Waals surface area contributed by atoms with Gasteiger partial charge in [0, 0.05) is 0 Å². The summed E-state index contributed by atoms with van der Waals surface area (Å²) in [5.41, 5.74) is 4.34. The van der Waals surface area contributed by atoms with Gasteiger partial charge in [-0.1, -0.05) is 41.9 Å². The molecular formula is C18H30O. The average molecular weight is 262 g/mol. The van der Waals surface area contributed by atoms with Crippen LogP contribution in [0.1, 0.15) is 66.2 Å². The third kappa shape index (κ3) is 6.77. The van der Waals surface area contributed by atoms with E-state index in [4.69, 9.17) is 0 Å². The van der Waals surface area contributed by atoms with E-state index in [0.29, 0.717) is 5.92 Å². The van der Waals surface area contributed by atoms with E-state index in [1.807, 2.05) is 0 Å². The van der Waals surface area contributed by atoms with Crippen LogP contribution in [0, 0.1) is 5.92 Å². The molecule has 1 aliphatic carbocycles. The molecule has 0 aromatic carbocycles. The first-order valence-corrected chi connectivity index (χ1v) is 7.64. The van der Waals surface area contributed by atoms with Gasteiger partial charge < -0.3 is 5.11 Å². The van der Waals surface area contributed by atoms with Crippen LogP contribution >= 0.6 is 0 Å². The van der Waals surface area contributed by atoms with Crippen LogP contribution in [0.3, 0.4) is 0 Å². The first kappa shape index (κ1) is 16.2. The molecule has 1 nitrogen and oxygen atoms in total. The van der Waals surface area contributed by atoms with Gasteiger partial charge in [0.15, 0.2) is 0 Å².